The predicted molar refractivity (Wildman–Crippen MR) is 92.1 cm³/mol. The Morgan fingerprint density at radius 1 is 1.22 bits per heavy atom. The number of likely N-dealkylation sites (tertiary alicyclic amines) is 1. The molecule has 1 aromatic heterocycles. The highest BCUT2D eigenvalue weighted by atomic mass is 16.3. The monoisotopic (exact) mass is 314 g/mol. The largest absolute Gasteiger partial charge is 0.396 e. The fraction of sp³-hybridized carbons (Fsp3) is 0.500. The third-order valence-corrected chi connectivity index (χ3v) is 4.76. The molecule has 2 heterocycles. The first-order valence-electron chi connectivity index (χ1n) is 8.38. The molecule has 0 bridgehead atoms. The summed E-state index contributed by atoms with van der Waals surface area (Å²) in [6, 6.07) is 10.6. The zero-order chi connectivity index (χ0) is 16.1. The summed E-state index contributed by atoms with van der Waals surface area (Å²) in [4.78, 5) is 2.48. The number of aliphatic hydroxyl groups excluding tert-OH is 1. The molecule has 0 saturated carbocycles. The normalized spacial score (nSPS) is 16.6. The van der Waals surface area contributed by atoms with E-state index in [0.29, 0.717) is 12.5 Å². The molecule has 0 radical (unpaired) electrons. The molecule has 1 fully saturated rings. The maximum Gasteiger partial charge on any atom is 0.0571 e. The van der Waals surface area contributed by atoms with Crippen molar-refractivity contribution in [1.82, 2.24) is 14.7 Å². The molecule has 5 heteroatoms. The van der Waals surface area contributed by atoms with Crippen LogP contribution in [0.4, 0.5) is 5.69 Å². The molecule has 3 rings (SSSR count). The van der Waals surface area contributed by atoms with Gasteiger partial charge in [0.2, 0.25) is 0 Å². The van der Waals surface area contributed by atoms with Gasteiger partial charge in [0, 0.05) is 32.1 Å². The first-order chi connectivity index (χ1) is 11.3. The van der Waals surface area contributed by atoms with Crippen molar-refractivity contribution in [2.45, 2.75) is 25.9 Å². The molecule has 1 aromatic carbocycles. The lowest BCUT2D eigenvalue weighted by atomic mass is 9.97. The number of hydrogen-bond acceptors (Lipinski definition) is 4. The quantitative estimate of drug-likeness (QED) is 0.858. The number of nitrogens with one attached hydrogen (secondary N) is 1. The van der Waals surface area contributed by atoms with Crippen LogP contribution in [0.2, 0.25) is 0 Å². The second-order valence-corrected chi connectivity index (χ2v) is 6.36. The molecule has 0 spiro atoms. The number of hydrogen-bond donors (Lipinski definition) is 2. The second-order valence-electron chi connectivity index (χ2n) is 6.36. The van der Waals surface area contributed by atoms with E-state index in [1.54, 1.807) is 0 Å². The summed E-state index contributed by atoms with van der Waals surface area (Å²) in [5.41, 5.74) is 3.69. The van der Waals surface area contributed by atoms with Crippen molar-refractivity contribution in [3.05, 3.63) is 47.8 Å². The van der Waals surface area contributed by atoms with Gasteiger partial charge in [-0.15, -0.1) is 0 Å². The highest BCUT2D eigenvalue weighted by molar-refractivity contribution is 5.51. The average Bonchev–Trinajstić information content (AvgIpc) is 3.00. The lowest BCUT2D eigenvalue weighted by Crippen LogP contribution is -2.34. The van der Waals surface area contributed by atoms with Crippen molar-refractivity contribution < 1.29 is 5.11 Å². The van der Waals surface area contributed by atoms with E-state index in [2.05, 4.69) is 39.6 Å². The molecule has 1 aliphatic heterocycles. The number of aryl methyl sites for hydroxylation is 1. The third-order valence-electron chi connectivity index (χ3n) is 4.76. The number of aromatic nitrogens is 2. The van der Waals surface area contributed by atoms with Crippen LogP contribution in [0, 0.1) is 5.92 Å². The van der Waals surface area contributed by atoms with Crippen molar-refractivity contribution >= 4 is 5.69 Å². The molecule has 1 aliphatic rings. The molecule has 0 atom stereocenters. The van der Waals surface area contributed by atoms with Gasteiger partial charge >= 0.3 is 0 Å². The second kappa shape index (κ2) is 7.62. The lowest BCUT2D eigenvalue weighted by Gasteiger charge is -2.31. The van der Waals surface area contributed by atoms with Crippen molar-refractivity contribution in [2.24, 2.45) is 13.0 Å². The van der Waals surface area contributed by atoms with Gasteiger partial charge in [-0.2, -0.15) is 5.10 Å². The summed E-state index contributed by atoms with van der Waals surface area (Å²) in [5.74, 6) is 0.490. The smallest absolute Gasteiger partial charge is 0.0571 e. The van der Waals surface area contributed by atoms with Gasteiger partial charge in [-0.1, -0.05) is 18.2 Å². The molecule has 1 saturated heterocycles. The first-order valence-corrected chi connectivity index (χ1v) is 8.38. The van der Waals surface area contributed by atoms with Gasteiger partial charge in [0.05, 0.1) is 12.2 Å². The van der Waals surface area contributed by atoms with Crippen LogP contribution in [-0.4, -0.2) is 39.5 Å². The Kier molecular flexibility index (Phi) is 5.31. The number of nitrogens with zero attached hydrogens (tertiary/aromatic N) is 3. The van der Waals surface area contributed by atoms with Gasteiger partial charge in [0.15, 0.2) is 0 Å². The molecule has 0 unspecified atom stereocenters. The highest BCUT2D eigenvalue weighted by Crippen LogP contribution is 2.22. The molecular weight excluding hydrogens is 288 g/mol. The number of anilines is 1. The Labute approximate surface area is 137 Å². The SMILES string of the molecule is Cn1nccc1CNc1ccccc1CN1CCC(CO)CC1. The van der Waals surface area contributed by atoms with E-state index in [1.807, 2.05) is 24.0 Å². The van der Waals surface area contributed by atoms with Crippen LogP contribution < -0.4 is 5.32 Å². The summed E-state index contributed by atoms with van der Waals surface area (Å²) in [7, 11) is 1.97. The molecule has 0 amide bonds. The van der Waals surface area contributed by atoms with Crippen LogP contribution in [0.15, 0.2) is 36.5 Å². The highest BCUT2D eigenvalue weighted by Gasteiger charge is 2.19. The number of rotatable bonds is 6. The van der Waals surface area contributed by atoms with Gasteiger partial charge in [0.1, 0.15) is 0 Å². The van der Waals surface area contributed by atoms with Gasteiger partial charge < -0.3 is 10.4 Å². The number of para-hydroxylation sites is 1. The maximum atomic E-state index is 9.26. The van der Waals surface area contributed by atoms with Crippen LogP contribution in [0.3, 0.4) is 0 Å². The summed E-state index contributed by atoms with van der Waals surface area (Å²) in [5, 5.41) is 17.0. The topological polar surface area (TPSA) is 53.3 Å². The number of aliphatic hydroxyl groups is 1. The molecule has 23 heavy (non-hydrogen) atoms. The van der Waals surface area contributed by atoms with Crippen LogP contribution in [0.1, 0.15) is 24.1 Å². The molecule has 2 N–H and O–H groups in total. The van der Waals surface area contributed by atoms with E-state index >= 15 is 0 Å². The fourth-order valence-corrected chi connectivity index (χ4v) is 3.16. The Bertz CT molecular complexity index is 617. The fourth-order valence-electron chi connectivity index (χ4n) is 3.16. The summed E-state index contributed by atoms with van der Waals surface area (Å²) >= 11 is 0. The lowest BCUT2D eigenvalue weighted by molar-refractivity contribution is 0.127. The van der Waals surface area contributed by atoms with Gasteiger partial charge in [0.25, 0.3) is 0 Å². The maximum absolute atomic E-state index is 9.26. The minimum absolute atomic E-state index is 0.330. The minimum Gasteiger partial charge on any atom is -0.396 e. The van der Waals surface area contributed by atoms with E-state index in [1.165, 1.54) is 16.9 Å². The zero-order valence-corrected chi connectivity index (χ0v) is 13.8. The summed E-state index contributed by atoms with van der Waals surface area (Å²) < 4.78 is 1.90. The third kappa shape index (κ3) is 4.12. The molecule has 0 aliphatic carbocycles. The van der Waals surface area contributed by atoms with Crippen LogP contribution in [-0.2, 0) is 20.1 Å². The predicted octanol–water partition coefficient (Wildman–Crippen LogP) is 2.24. The zero-order valence-electron chi connectivity index (χ0n) is 13.8. The van der Waals surface area contributed by atoms with Gasteiger partial charge in [-0.05, 0) is 49.5 Å². The Balaban J connectivity index is 1.60. The van der Waals surface area contributed by atoms with Crippen molar-refractivity contribution in [1.29, 1.82) is 0 Å². The summed E-state index contributed by atoms with van der Waals surface area (Å²) in [6.45, 7) is 4.21. The van der Waals surface area contributed by atoms with E-state index < -0.39 is 0 Å². The van der Waals surface area contributed by atoms with Crippen molar-refractivity contribution in [3.8, 4) is 0 Å². The molecule has 124 valence electrons. The van der Waals surface area contributed by atoms with E-state index in [4.69, 9.17) is 0 Å². The Hall–Kier alpha value is -1.85. The molecular formula is C18H26N4O. The number of benzene rings is 1. The van der Waals surface area contributed by atoms with Crippen LogP contribution in [0.25, 0.3) is 0 Å². The van der Waals surface area contributed by atoms with E-state index in [-0.39, 0.29) is 0 Å². The number of piperidine rings is 1. The van der Waals surface area contributed by atoms with Crippen LogP contribution >= 0.6 is 0 Å². The van der Waals surface area contributed by atoms with Gasteiger partial charge in [-0.25, -0.2) is 0 Å². The van der Waals surface area contributed by atoms with Crippen molar-refractivity contribution in [2.75, 3.05) is 25.0 Å². The van der Waals surface area contributed by atoms with Gasteiger partial charge in [-0.3, -0.25) is 9.58 Å². The minimum atomic E-state index is 0.330. The van der Waals surface area contributed by atoms with Crippen molar-refractivity contribution in [3.63, 3.8) is 0 Å². The molecule has 2 aromatic rings. The van der Waals surface area contributed by atoms with E-state index in [9.17, 15) is 5.11 Å². The Morgan fingerprint density at radius 2 is 2.00 bits per heavy atom. The van der Waals surface area contributed by atoms with Crippen LogP contribution in [0.5, 0.6) is 0 Å². The summed E-state index contributed by atoms with van der Waals surface area (Å²) in [6.07, 6.45) is 4.02. The average molecular weight is 314 g/mol. The first kappa shape index (κ1) is 16.0. The molecule has 5 nitrogen and oxygen atoms in total. The van der Waals surface area contributed by atoms with E-state index in [0.717, 1.165) is 39.0 Å². The standard InChI is InChI=1S/C18H26N4O/c1-21-17(6-9-20-21)12-19-18-5-3-2-4-16(18)13-22-10-7-15(14-23)8-11-22/h2-6,9,15,19,23H,7-8,10-14H2,1H3. The Morgan fingerprint density at radius 3 is 2.70 bits per heavy atom.